The Kier molecular flexibility index (Phi) is 4.70. The molecule has 104 valence electrons. The number of carboxylic acid groups (broad SMARTS) is 1. The fourth-order valence-electron chi connectivity index (χ4n) is 2.09. The fraction of sp³-hybridized carbons (Fsp3) is 0.467. The van der Waals surface area contributed by atoms with E-state index in [1.54, 1.807) is 25.8 Å². The number of aliphatic carboxylic acids is 1. The summed E-state index contributed by atoms with van der Waals surface area (Å²) < 4.78 is 0. The summed E-state index contributed by atoms with van der Waals surface area (Å²) in [7, 11) is 1.71. The Balaban J connectivity index is 2.78. The Morgan fingerprint density at radius 3 is 2.37 bits per heavy atom. The predicted octanol–water partition coefficient (Wildman–Crippen LogP) is 2.45. The maximum absolute atomic E-state index is 12.3. The van der Waals surface area contributed by atoms with Gasteiger partial charge in [-0.15, -0.1) is 0 Å². The number of hydrogen-bond acceptors (Lipinski definition) is 2. The Hall–Kier alpha value is -1.84. The average Bonchev–Trinajstić information content (AvgIpc) is 2.29. The monoisotopic (exact) mass is 263 g/mol. The van der Waals surface area contributed by atoms with Crippen molar-refractivity contribution in [3.05, 3.63) is 35.4 Å². The number of nitrogens with zero attached hydrogens (tertiary/aromatic N) is 1. The van der Waals surface area contributed by atoms with Crippen LogP contribution >= 0.6 is 0 Å². The lowest BCUT2D eigenvalue weighted by atomic mass is 9.87. The molecule has 0 saturated carbocycles. The first-order valence-corrected chi connectivity index (χ1v) is 6.26. The minimum atomic E-state index is -0.956. The number of hydrogen-bond donors (Lipinski definition) is 1. The molecular weight excluding hydrogens is 242 g/mol. The summed E-state index contributed by atoms with van der Waals surface area (Å²) in [5.41, 5.74) is 1.31. The summed E-state index contributed by atoms with van der Waals surface area (Å²) in [4.78, 5) is 24.7. The largest absolute Gasteiger partial charge is 0.481 e. The van der Waals surface area contributed by atoms with E-state index in [9.17, 15) is 9.59 Å². The van der Waals surface area contributed by atoms with Crippen LogP contribution in [0, 0.1) is 12.3 Å². The van der Waals surface area contributed by atoms with Crippen molar-refractivity contribution in [1.82, 2.24) is 4.90 Å². The highest BCUT2D eigenvalue weighted by Crippen LogP contribution is 2.24. The second-order valence-electron chi connectivity index (χ2n) is 5.54. The number of aryl methyl sites for hydroxylation is 1. The molecule has 0 aromatic heterocycles. The molecule has 0 spiro atoms. The first-order chi connectivity index (χ1) is 8.74. The van der Waals surface area contributed by atoms with E-state index in [4.69, 9.17) is 5.11 Å². The topological polar surface area (TPSA) is 57.6 Å². The van der Waals surface area contributed by atoms with Crippen LogP contribution in [0.3, 0.4) is 0 Å². The molecule has 0 atom stereocenters. The standard InChI is InChI=1S/C15H21NO3/c1-11-7-5-6-8-12(11)10-16(4)14(19)15(2,3)9-13(17)18/h5-8H,9-10H2,1-4H3,(H,17,18). The van der Waals surface area contributed by atoms with Crippen LogP contribution in [0.1, 0.15) is 31.4 Å². The third kappa shape index (κ3) is 4.09. The molecule has 4 nitrogen and oxygen atoms in total. The molecule has 0 unspecified atom stereocenters. The van der Waals surface area contributed by atoms with Crippen molar-refractivity contribution in [3.8, 4) is 0 Å². The van der Waals surface area contributed by atoms with Crippen molar-refractivity contribution >= 4 is 11.9 Å². The SMILES string of the molecule is Cc1ccccc1CN(C)C(=O)C(C)(C)CC(=O)O. The molecule has 1 rings (SSSR count). The molecule has 0 fully saturated rings. The van der Waals surface area contributed by atoms with Gasteiger partial charge in [-0.05, 0) is 18.1 Å². The van der Waals surface area contributed by atoms with Crippen molar-refractivity contribution in [3.63, 3.8) is 0 Å². The Morgan fingerprint density at radius 2 is 1.84 bits per heavy atom. The third-order valence-electron chi connectivity index (χ3n) is 3.19. The molecule has 0 aliphatic heterocycles. The molecule has 1 N–H and O–H groups in total. The van der Waals surface area contributed by atoms with Crippen molar-refractivity contribution in [2.45, 2.75) is 33.7 Å². The highest BCUT2D eigenvalue weighted by Gasteiger charge is 2.32. The lowest BCUT2D eigenvalue weighted by Crippen LogP contribution is -2.39. The number of benzene rings is 1. The maximum atomic E-state index is 12.3. The fourth-order valence-corrected chi connectivity index (χ4v) is 2.09. The molecular formula is C15H21NO3. The summed E-state index contributed by atoms with van der Waals surface area (Å²) in [6, 6.07) is 7.86. The van der Waals surface area contributed by atoms with Gasteiger partial charge >= 0.3 is 5.97 Å². The minimum Gasteiger partial charge on any atom is -0.481 e. The lowest BCUT2D eigenvalue weighted by Gasteiger charge is -2.28. The molecule has 0 aliphatic rings. The van der Waals surface area contributed by atoms with Crippen LogP contribution in [0.4, 0.5) is 0 Å². The lowest BCUT2D eigenvalue weighted by molar-refractivity contribution is -0.148. The van der Waals surface area contributed by atoms with Crippen LogP contribution in [0.5, 0.6) is 0 Å². The van der Waals surface area contributed by atoms with Gasteiger partial charge in [0, 0.05) is 13.6 Å². The van der Waals surface area contributed by atoms with E-state index in [1.165, 1.54) is 0 Å². The van der Waals surface area contributed by atoms with Crippen molar-refractivity contribution in [2.75, 3.05) is 7.05 Å². The number of amides is 1. The molecule has 0 heterocycles. The summed E-state index contributed by atoms with van der Waals surface area (Å²) in [5, 5.41) is 8.84. The van der Waals surface area contributed by atoms with Gasteiger partial charge in [0.25, 0.3) is 0 Å². The minimum absolute atomic E-state index is 0.154. The van der Waals surface area contributed by atoms with Crippen LogP contribution in [-0.2, 0) is 16.1 Å². The molecule has 19 heavy (non-hydrogen) atoms. The van der Waals surface area contributed by atoms with Crippen LogP contribution in [0.15, 0.2) is 24.3 Å². The van der Waals surface area contributed by atoms with Crippen molar-refractivity contribution < 1.29 is 14.7 Å². The summed E-state index contributed by atoms with van der Waals surface area (Å²) in [6.07, 6.45) is -0.163. The Bertz CT molecular complexity index is 480. The maximum Gasteiger partial charge on any atom is 0.304 e. The Labute approximate surface area is 114 Å². The van der Waals surface area contributed by atoms with Gasteiger partial charge in [0.05, 0.1) is 11.8 Å². The smallest absolute Gasteiger partial charge is 0.304 e. The molecule has 0 aliphatic carbocycles. The molecule has 0 saturated heterocycles. The highest BCUT2D eigenvalue weighted by atomic mass is 16.4. The second kappa shape index (κ2) is 5.87. The quantitative estimate of drug-likeness (QED) is 0.887. The normalized spacial score (nSPS) is 11.2. The van der Waals surface area contributed by atoms with Crippen molar-refractivity contribution in [1.29, 1.82) is 0 Å². The second-order valence-corrected chi connectivity index (χ2v) is 5.54. The van der Waals surface area contributed by atoms with Crippen molar-refractivity contribution in [2.24, 2.45) is 5.41 Å². The summed E-state index contributed by atoms with van der Waals surface area (Å²) in [6.45, 7) is 5.82. The van der Waals surface area contributed by atoms with Gasteiger partial charge < -0.3 is 10.0 Å². The first-order valence-electron chi connectivity index (χ1n) is 6.26. The van der Waals surface area contributed by atoms with E-state index in [-0.39, 0.29) is 12.3 Å². The summed E-state index contributed by atoms with van der Waals surface area (Å²) >= 11 is 0. The molecule has 1 amide bonds. The van der Waals surface area contributed by atoms with Gasteiger partial charge in [-0.1, -0.05) is 38.1 Å². The summed E-state index contributed by atoms with van der Waals surface area (Å²) in [5.74, 6) is -1.11. The van der Waals surface area contributed by atoms with E-state index < -0.39 is 11.4 Å². The van der Waals surface area contributed by atoms with Gasteiger partial charge in [-0.3, -0.25) is 9.59 Å². The van der Waals surface area contributed by atoms with Gasteiger partial charge in [-0.2, -0.15) is 0 Å². The van der Waals surface area contributed by atoms with Crippen LogP contribution in [0.2, 0.25) is 0 Å². The average molecular weight is 263 g/mol. The predicted molar refractivity (Wildman–Crippen MR) is 73.7 cm³/mol. The zero-order valence-electron chi connectivity index (χ0n) is 11.9. The number of carboxylic acids is 1. The van der Waals surface area contributed by atoms with Gasteiger partial charge in [0.15, 0.2) is 0 Å². The van der Waals surface area contributed by atoms with Gasteiger partial charge in [0.2, 0.25) is 5.91 Å². The molecule has 4 heteroatoms. The number of rotatable bonds is 5. The first kappa shape index (κ1) is 15.2. The van der Waals surface area contributed by atoms with Crippen LogP contribution < -0.4 is 0 Å². The van der Waals surface area contributed by atoms with E-state index in [2.05, 4.69) is 0 Å². The Morgan fingerprint density at radius 1 is 1.26 bits per heavy atom. The molecule has 1 aromatic carbocycles. The highest BCUT2D eigenvalue weighted by molar-refractivity contribution is 5.86. The number of carbonyl (C=O) groups excluding carboxylic acids is 1. The van der Waals surface area contributed by atoms with Gasteiger partial charge in [-0.25, -0.2) is 0 Å². The van der Waals surface area contributed by atoms with Gasteiger partial charge in [0.1, 0.15) is 0 Å². The molecule has 0 bridgehead atoms. The third-order valence-corrected chi connectivity index (χ3v) is 3.19. The number of carbonyl (C=O) groups is 2. The molecule has 1 aromatic rings. The van der Waals surface area contributed by atoms with Crippen LogP contribution in [-0.4, -0.2) is 28.9 Å². The molecule has 0 radical (unpaired) electrons. The van der Waals surface area contributed by atoms with Crippen LogP contribution in [0.25, 0.3) is 0 Å². The van der Waals surface area contributed by atoms with E-state index in [0.717, 1.165) is 11.1 Å². The van der Waals surface area contributed by atoms with E-state index >= 15 is 0 Å². The zero-order chi connectivity index (χ0) is 14.6. The zero-order valence-corrected chi connectivity index (χ0v) is 11.9. The van der Waals surface area contributed by atoms with E-state index in [1.807, 2.05) is 31.2 Å². The van der Waals surface area contributed by atoms with E-state index in [0.29, 0.717) is 6.54 Å².